The molecule has 0 aliphatic rings. The van der Waals surface area contributed by atoms with Crippen LogP contribution in [0.1, 0.15) is 28.4 Å². The van der Waals surface area contributed by atoms with Crippen molar-refractivity contribution in [1.29, 1.82) is 0 Å². The predicted molar refractivity (Wildman–Crippen MR) is 84.1 cm³/mol. The van der Waals surface area contributed by atoms with Crippen molar-refractivity contribution in [3.05, 3.63) is 59.8 Å². The lowest BCUT2D eigenvalue weighted by atomic mass is 10.0. The highest BCUT2D eigenvalue weighted by atomic mass is 16.5. The Balaban J connectivity index is 2.15. The van der Waals surface area contributed by atoms with Crippen LogP contribution in [0.25, 0.3) is 0 Å². The van der Waals surface area contributed by atoms with Crippen molar-refractivity contribution in [3.63, 3.8) is 0 Å². The molecular formula is C17H18N2O4. The number of nitrogens with one attached hydrogen (secondary N) is 1. The van der Waals surface area contributed by atoms with E-state index < -0.39 is 12.0 Å². The van der Waals surface area contributed by atoms with E-state index in [4.69, 9.17) is 9.47 Å². The van der Waals surface area contributed by atoms with E-state index >= 15 is 0 Å². The number of esters is 1. The largest absolute Gasteiger partial charge is 0.481 e. The third-order valence-electron chi connectivity index (χ3n) is 3.31. The lowest BCUT2D eigenvalue weighted by Gasteiger charge is -2.18. The first-order valence-corrected chi connectivity index (χ1v) is 7.06. The Bertz CT molecular complexity index is 656. The zero-order chi connectivity index (χ0) is 16.7. The standard InChI is InChI=1S/C17H18N2O4/c1-22-15-9-8-13(11-18-15)17(21)19-14(10-16(20)23-2)12-6-4-3-5-7-12/h3-9,11,14H,10H2,1-2H3,(H,19,21). The molecule has 0 fully saturated rings. The number of aromatic nitrogens is 1. The van der Waals surface area contributed by atoms with Gasteiger partial charge in [-0.1, -0.05) is 30.3 Å². The monoisotopic (exact) mass is 314 g/mol. The fourth-order valence-corrected chi connectivity index (χ4v) is 2.06. The highest BCUT2D eigenvalue weighted by Gasteiger charge is 2.19. The molecule has 0 saturated heterocycles. The third-order valence-corrected chi connectivity index (χ3v) is 3.31. The van der Waals surface area contributed by atoms with E-state index in [1.165, 1.54) is 20.4 Å². The minimum Gasteiger partial charge on any atom is -0.481 e. The number of carbonyl (C=O) groups excluding carboxylic acids is 2. The molecule has 6 nitrogen and oxygen atoms in total. The number of rotatable bonds is 6. The lowest BCUT2D eigenvalue weighted by molar-refractivity contribution is -0.141. The number of hydrogen-bond donors (Lipinski definition) is 1. The highest BCUT2D eigenvalue weighted by molar-refractivity contribution is 5.94. The number of carbonyl (C=O) groups is 2. The zero-order valence-corrected chi connectivity index (χ0v) is 13.0. The molecule has 1 amide bonds. The SMILES string of the molecule is COC(=O)CC(NC(=O)c1ccc(OC)nc1)c1ccccc1. The van der Waals surface area contributed by atoms with Gasteiger partial charge in [-0.15, -0.1) is 0 Å². The Hall–Kier alpha value is -2.89. The number of nitrogens with zero attached hydrogens (tertiary/aromatic N) is 1. The minimum absolute atomic E-state index is 0.0514. The molecule has 2 aromatic rings. The molecule has 0 saturated carbocycles. The number of pyridine rings is 1. The number of amides is 1. The third kappa shape index (κ3) is 4.54. The first kappa shape index (κ1) is 16.5. The molecule has 1 N–H and O–H groups in total. The second kappa shape index (κ2) is 7.93. The minimum atomic E-state index is -0.474. The summed E-state index contributed by atoms with van der Waals surface area (Å²) in [6.45, 7) is 0. The topological polar surface area (TPSA) is 77.5 Å². The molecule has 6 heteroatoms. The molecule has 0 radical (unpaired) electrons. The van der Waals surface area contributed by atoms with Gasteiger partial charge in [-0.05, 0) is 11.6 Å². The number of hydrogen-bond acceptors (Lipinski definition) is 5. The molecule has 1 unspecified atom stereocenters. The first-order chi connectivity index (χ1) is 11.1. The Labute approximate surface area is 134 Å². The van der Waals surface area contributed by atoms with Crippen LogP contribution < -0.4 is 10.1 Å². The summed E-state index contributed by atoms with van der Waals surface area (Å²) in [6, 6.07) is 12.0. The van der Waals surface area contributed by atoms with Gasteiger partial charge in [0.1, 0.15) is 0 Å². The molecule has 1 aromatic heterocycles. The van der Waals surface area contributed by atoms with Crippen molar-refractivity contribution in [2.24, 2.45) is 0 Å². The van der Waals surface area contributed by atoms with Crippen LogP contribution in [0.5, 0.6) is 5.88 Å². The van der Waals surface area contributed by atoms with E-state index in [1.54, 1.807) is 12.1 Å². The van der Waals surface area contributed by atoms with E-state index in [0.29, 0.717) is 11.4 Å². The average molecular weight is 314 g/mol. The van der Waals surface area contributed by atoms with Gasteiger partial charge in [-0.3, -0.25) is 9.59 Å². The lowest BCUT2D eigenvalue weighted by Crippen LogP contribution is -2.30. The molecule has 0 aliphatic carbocycles. The van der Waals surface area contributed by atoms with Crippen LogP contribution in [0, 0.1) is 0 Å². The molecule has 23 heavy (non-hydrogen) atoms. The Morgan fingerprint density at radius 3 is 2.43 bits per heavy atom. The fourth-order valence-electron chi connectivity index (χ4n) is 2.06. The zero-order valence-electron chi connectivity index (χ0n) is 13.0. The van der Waals surface area contributed by atoms with Crippen molar-refractivity contribution >= 4 is 11.9 Å². The summed E-state index contributed by atoms with van der Waals surface area (Å²) < 4.78 is 9.66. The van der Waals surface area contributed by atoms with Gasteiger partial charge in [-0.2, -0.15) is 0 Å². The van der Waals surface area contributed by atoms with Gasteiger partial charge in [0.2, 0.25) is 5.88 Å². The van der Waals surface area contributed by atoms with E-state index in [2.05, 4.69) is 10.3 Å². The smallest absolute Gasteiger partial charge is 0.307 e. The van der Waals surface area contributed by atoms with E-state index in [0.717, 1.165) is 5.56 Å². The van der Waals surface area contributed by atoms with Gasteiger partial charge in [0.15, 0.2) is 0 Å². The van der Waals surface area contributed by atoms with Crippen LogP contribution in [0.4, 0.5) is 0 Å². The summed E-state index contributed by atoms with van der Waals surface area (Å²) >= 11 is 0. The summed E-state index contributed by atoms with van der Waals surface area (Å²) in [6.07, 6.45) is 1.48. The Kier molecular flexibility index (Phi) is 5.68. The van der Waals surface area contributed by atoms with E-state index in [-0.39, 0.29) is 12.3 Å². The molecule has 2 rings (SSSR count). The van der Waals surface area contributed by atoms with Crippen molar-refractivity contribution in [3.8, 4) is 5.88 Å². The van der Waals surface area contributed by atoms with Crippen molar-refractivity contribution in [2.45, 2.75) is 12.5 Å². The maximum Gasteiger partial charge on any atom is 0.307 e. The first-order valence-electron chi connectivity index (χ1n) is 7.06. The van der Waals surface area contributed by atoms with Crippen molar-refractivity contribution in [1.82, 2.24) is 10.3 Å². The highest BCUT2D eigenvalue weighted by Crippen LogP contribution is 2.18. The van der Waals surface area contributed by atoms with Gasteiger partial charge >= 0.3 is 5.97 Å². The molecule has 0 bridgehead atoms. The molecule has 0 spiro atoms. The Morgan fingerprint density at radius 1 is 1.13 bits per heavy atom. The maximum atomic E-state index is 12.4. The Morgan fingerprint density at radius 2 is 1.87 bits per heavy atom. The number of methoxy groups -OCH3 is 2. The molecule has 1 aromatic carbocycles. The van der Waals surface area contributed by atoms with Gasteiger partial charge in [-0.25, -0.2) is 4.98 Å². The molecular weight excluding hydrogens is 296 g/mol. The normalized spacial score (nSPS) is 11.4. The van der Waals surface area contributed by atoms with Crippen molar-refractivity contribution < 1.29 is 19.1 Å². The van der Waals surface area contributed by atoms with Gasteiger partial charge in [0.25, 0.3) is 5.91 Å². The fraction of sp³-hybridized carbons (Fsp3) is 0.235. The van der Waals surface area contributed by atoms with Crippen LogP contribution in [0.15, 0.2) is 48.7 Å². The number of ether oxygens (including phenoxy) is 2. The summed E-state index contributed by atoms with van der Waals surface area (Å²) in [5.41, 5.74) is 1.21. The van der Waals surface area contributed by atoms with Gasteiger partial charge in [0.05, 0.1) is 32.2 Å². The maximum absolute atomic E-state index is 12.4. The molecule has 1 atom stereocenters. The van der Waals surface area contributed by atoms with Gasteiger partial charge in [0, 0.05) is 12.3 Å². The van der Waals surface area contributed by atoms with E-state index in [9.17, 15) is 9.59 Å². The van der Waals surface area contributed by atoms with Gasteiger partial charge < -0.3 is 14.8 Å². The average Bonchev–Trinajstić information content (AvgIpc) is 2.61. The van der Waals surface area contributed by atoms with Crippen molar-refractivity contribution in [2.75, 3.05) is 14.2 Å². The van der Waals surface area contributed by atoms with Crippen LogP contribution in [0.3, 0.4) is 0 Å². The predicted octanol–water partition coefficient (Wildman–Crippen LogP) is 2.12. The second-order valence-electron chi connectivity index (χ2n) is 4.81. The van der Waals surface area contributed by atoms with Crippen LogP contribution in [-0.2, 0) is 9.53 Å². The quantitative estimate of drug-likeness (QED) is 0.826. The van der Waals surface area contributed by atoms with Crippen LogP contribution in [-0.4, -0.2) is 31.1 Å². The summed E-state index contributed by atoms with van der Waals surface area (Å²) in [4.78, 5) is 27.9. The molecule has 120 valence electrons. The molecule has 1 heterocycles. The summed E-state index contributed by atoms with van der Waals surface area (Å²) in [5, 5.41) is 2.83. The summed E-state index contributed by atoms with van der Waals surface area (Å²) in [7, 11) is 2.82. The summed E-state index contributed by atoms with van der Waals surface area (Å²) in [5.74, 6) is -0.291. The number of benzene rings is 1. The second-order valence-corrected chi connectivity index (χ2v) is 4.81. The molecule has 0 aliphatic heterocycles. The van der Waals surface area contributed by atoms with Crippen LogP contribution >= 0.6 is 0 Å². The van der Waals surface area contributed by atoms with Crippen LogP contribution in [0.2, 0.25) is 0 Å². The van der Waals surface area contributed by atoms with E-state index in [1.807, 2.05) is 30.3 Å².